The minimum Gasteiger partial charge on any atom is -0.320 e. The molecule has 0 bridgehead atoms. The van der Waals surface area contributed by atoms with Gasteiger partial charge in [0.05, 0.1) is 15.5 Å². The lowest BCUT2D eigenvalue weighted by Crippen LogP contribution is -2.57. The Balaban J connectivity index is 0.00000729. The fraction of sp³-hybridized carbons (Fsp3) is 0.533. The van der Waals surface area contributed by atoms with E-state index in [1.807, 2.05) is 6.92 Å². The predicted molar refractivity (Wildman–Crippen MR) is 111 cm³/mol. The van der Waals surface area contributed by atoms with Crippen LogP contribution in [0.15, 0.2) is 24.3 Å². The van der Waals surface area contributed by atoms with E-state index >= 15 is 0 Å². The van der Waals surface area contributed by atoms with Crippen LogP contribution in [0, 0.1) is 5.92 Å². The van der Waals surface area contributed by atoms with Gasteiger partial charge in [-0.15, -0.1) is 17.0 Å². The maximum Gasteiger partial charge on any atom is 0.369 e. The first-order valence-corrected chi connectivity index (χ1v) is 11.0. The normalized spacial score (nSPS) is 13.3. The van der Waals surface area contributed by atoms with E-state index in [0.717, 1.165) is 12.0 Å². The van der Waals surface area contributed by atoms with Gasteiger partial charge in [0.15, 0.2) is 0 Å². The molecule has 13 heteroatoms. The summed E-state index contributed by atoms with van der Waals surface area (Å²) < 4.78 is 64.3. The van der Waals surface area contributed by atoms with E-state index in [2.05, 4.69) is 0 Å². The quantitative estimate of drug-likeness (QED) is 0.339. The number of carbonyl (C=O) groups is 1. The SMILES string of the molecule is Br.CCCc1ccc(N(C(=O)[C@@H](N)CC(C)C)N(S(=O)(=O)O)S(=O)(=O)O)cc1. The van der Waals surface area contributed by atoms with Crippen LogP contribution in [0.4, 0.5) is 5.69 Å². The Morgan fingerprint density at radius 3 is 1.89 bits per heavy atom. The van der Waals surface area contributed by atoms with Crippen molar-refractivity contribution in [3.63, 3.8) is 0 Å². The number of nitrogens with zero attached hydrogens (tertiary/aromatic N) is 2. The van der Waals surface area contributed by atoms with Crippen LogP contribution >= 0.6 is 17.0 Å². The first-order valence-electron chi connectivity index (χ1n) is 8.22. The van der Waals surface area contributed by atoms with Crippen LogP contribution in [-0.4, -0.2) is 41.7 Å². The van der Waals surface area contributed by atoms with Gasteiger partial charge in [-0.3, -0.25) is 13.9 Å². The highest BCUT2D eigenvalue weighted by atomic mass is 79.9. The second-order valence-corrected chi connectivity index (χ2v) is 9.15. The predicted octanol–water partition coefficient (Wildman–Crippen LogP) is 1.75. The largest absolute Gasteiger partial charge is 0.369 e. The molecular formula is C15H26BrN3O7S2. The molecule has 0 aromatic heterocycles. The van der Waals surface area contributed by atoms with E-state index in [-0.39, 0.29) is 40.0 Å². The van der Waals surface area contributed by atoms with Crippen molar-refractivity contribution in [3.8, 4) is 0 Å². The molecule has 1 rings (SSSR count). The number of hydrogen-bond acceptors (Lipinski definition) is 6. The maximum atomic E-state index is 12.7. The van der Waals surface area contributed by atoms with Crippen LogP contribution in [0.3, 0.4) is 0 Å². The lowest BCUT2D eigenvalue weighted by Gasteiger charge is -2.31. The van der Waals surface area contributed by atoms with E-state index < -0.39 is 36.4 Å². The topological polar surface area (TPSA) is 158 Å². The standard InChI is InChI=1S/C15H25N3O7S2.BrH/c1-4-5-12-6-8-13(9-7-12)17(15(19)14(16)10-11(2)3)18(26(20,21)22)27(23,24)25;/h6-9,11,14H,4-5,10,16H2,1-3H3,(H,20,21,22)(H,23,24,25);1H/t14-;/m0./s1. The number of halogens is 1. The summed E-state index contributed by atoms with van der Waals surface area (Å²) in [7, 11) is -11.1. The summed E-state index contributed by atoms with van der Waals surface area (Å²) >= 11 is 0. The van der Waals surface area contributed by atoms with E-state index in [9.17, 15) is 30.7 Å². The van der Waals surface area contributed by atoms with Gasteiger partial charge < -0.3 is 5.73 Å². The molecule has 28 heavy (non-hydrogen) atoms. The zero-order valence-electron chi connectivity index (χ0n) is 15.7. The lowest BCUT2D eigenvalue weighted by molar-refractivity contribution is -0.121. The van der Waals surface area contributed by atoms with Gasteiger partial charge in [-0.05, 0) is 36.5 Å². The molecule has 1 atom stereocenters. The third-order valence-corrected chi connectivity index (χ3v) is 5.78. The minimum atomic E-state index is -5.55. The van der Waals surface area contributed by atoms with Crippen molar-refractivity contribution < 1.29 is 30.7 Å². The van der Waals surface area contributed by atoms with Gasteiger partial charge in [-0.25, -0.2) is 5.01 Å². The highest BCUT2D eigenvalue weighted by Gasteiger charge is 2.42. The Morgan fingerprint density at radius 2 is 1.54 bits per heavy atom. The average molecular weight is 504 g/mol. The van der Waals surface area contributed by atoms with Crippen molar-refractivity contribution in [2.45, 2.75) is 46.1 Å². The summed E-state index contributed by atoms with van der Waals surface area (Å²) in [5, 5.41) is 0.146. The molecule has 0 aliphatic heterocycles. The second kappa shape index (κ2) is 10.6. The highest BCUT2D eigenvalue weighted by molar-refractivity contribution is 8.93. The third kappa shape index (κ3) is 7.39. The zero-order valence-corrected chi connectivity index (χ0v) is 19.1. The number of rotatable bonds is 9. The number of nitrogens with two attached hydrogens (primary N) is 1. The molecule has 1 aromatic rings. The number of aryl methyl sites for hydroxylation is 1. The first-order chi connectivity index (χ1) is 12.3. The Hall–Kier alpha value is -1.09. The Kier molecular flexibility index (Phi) is 10.2. The number of anilines is 1. The summed E-state index contributed by atoms with van der Waals surface area (Å²) in [6, 6.07) is 4.47. The van der Waals surface area contributed by atoms with Crippen LogP contribution in [-0.2, 0) is 31.8 Å². The third-order valence-electron chi connectivity index (χ3n) is 3.53. The van der Waals surface area contributed by atoms with Crippen molar-refractivity contribution in [2.75, 3.05) is 5.01 Å². The van der Waals surface area contributed by atoms with Gasteiger partial charge in [0.2, 0.25) is 0 Å². The Bertz CT molecular complexity index is 826. The van der Waals surface area contributed by atoms with Gasteiger partial charge >= 0.3 is 20.6 Å². The molecular weight excluding hydrogens is 478 g/mol. The van der Waals surface area contributed by atoms with Gasteiger partial charge in [0, 0.05) is 0 Å². The molecule has 0 saturated heterocycles. The summed E-state index contributed by atoms with van der Waals surface area (Å²) in [4.78, 5) is 12.7. The van der Waals surface area contributed by atoms with Crippen molar-refractivity contribution in [3.05, 3.63) is 29.8 Å². The summed E-state index contributed by atoms with van der Waals surface area (Å²) in [5.41, 5.74) is 6.45. The number of carbonyl (C=O) groups excluding carboxylic acids is 1. The molecule has 0 saturated carbocycles. The number of benzene rings is 1. The molecule has 0 spiro atoms. The summed E-state index contributed by atoms with van der Waals surface area (Å²) in [6.45, 7) is 5.48. The Morgan fingerprint density at radius 1 is 1.07 bits per heavy atom. The molecule has 1 aromatic carbocycles. The maximum absolute atomic E-state index is 12.7. The van der Waals surface area contributed by atoms with Gasteiger partial charge in [-0.2, -0.15) is 16.8 Å². The number of hydrogen-bond donors (Lipinski definition) is 3. The smallest absolute Gasteiger partial charge is 0.320 e. The van der Waals surface area contributed by atoms with Crippen molar-refractivity contribution in [1.82, 2.24) is 3.82 Å². The van der Waals surface area contributed by atoms with Crippen molar-refractivity contribution in [2.24, 2.45) is 11.7 Å². The van der Waals surface area contributed by atoms with Gasteiger partial charge in [0.25, 0.3) is 5.91 Å². The molecule has 10 nitrogen and oxygen atoms in total. The zero-order chi connectivity index (χ0) is 21.0. The molecule has 0 aliphatic rings. The Labute approximate surface area is 176 Å². The summed E-state index contributed by atoms with van der Waals surface area (Å²) in [6.07, 6.45) is 1.67. The first kappa shape index (κ1) is 26.9. The van der Waals surface area contributed by atoms with Crippen LogP contribution in [0.1, 0.15) is 39.2 Å². The van der Waals surface area contributed by atoms with E-state index in [1.54, 1.807) is 26.0 Å². The van der Waals surface area contributed by atoms with Crippen LogP contribution in [0.2, 0.25) is 0 Å². The number of amides is 1. The molecule has 0 radical (unpaired) electrons. The van der Waals surface area contributed by atoms with Gasteiger partial charge in [-0.1, -0.05) is 39.3 Å². The molecule has 162 valence electrons. The minimum absolute atomic E-state index is 0. The van der Waals surface area contributed by atoms with E-state index in [0.29, 0.717) is 6.42 Å². The monoisotopic (exact) mass is 503 g/mol. The molecule has 1 amide bonds. The molecule has 0 fully saturated rings. The average Bonchev–Trinajstić information content (AvgIpc) is 2.50. The second-order valence-electron chi connectivity index (χ2n) is 6.44. The van der Waals surface area contributed by atoms with Crippen LogP contribution < -0.4 is 10.7 Å². The number of hydrazine groups is 1. The van der Waals surface area contributed by atoms with Crippen molar-refractivity contribution >= 4 is 49.2 Å². The molecule has 0 unspecified atom stereocenters. The van der Waals surface area contributed by atoms with Crippen LogP contribution in [0.25, 0.3) is 0 Å². The van der Waals surface area contributed by atoms with E-state index in [1.165, 1.54) is 12.1 Å². The van der Waals surface area contributed by atoms with Crippen LogP contribution in [0.5, 0.6) is 0 Å². The molecule has 0 heterocycles. The molecule has 0 aliphatic carbocycles. The van der Waals surface area contributed by atoms with Gasteiger partial charge in [0.1, 0.15) is 0 Å². The molecule has 4 N–H and O–H groups in total. The fourth-order valence-electron chi connectivity index (χ4n) is 2.49. The highest BCUT2D eigenvalue weighted by Crippen LogP contribution is 2.24. The van der Waals surface area contributed by atoms with E-state index in [4.69, 9.17) is 5.73 Å². The van der Waals surface area contributed by atoms with Crippen molar-refractivity contribution in [1.29, 1.82) is 0 Å². The lowest BCUT2D eigenvalue weighted by atomic mass is 10.0. The fourth-order valence-corrected chi connectivity index (χ4v) is 4.20. The summed E-state index contributed by atoms with van der Waals surface area (Å²) in [5.74, 6) is -1.18.